The Morgan fingerprint density at radius 2 is 2.16 bits per heavy atom. The molecule has 1 aromatic carbocycles. The fourth-order valence-electron chi connectivity index (χ4n) is 2.90. The maximum atomic E-state index is 6.19. The molecule has 1 unspecified atom stereocenters. The molecule has 0 bridgehead atoms. The van der Waals surface area contributed by atoms with Crippen molar-refractivity contribution in [2.75, 3.05) is 38.1 Å². The smallest absolute Gasteiger partial charge is 0.0426 e. The van der Waals surface area contributed by atoms with Crippen LogP contribution in [0, 0.1) is 0 Å². The highest BCUT2D eigenvalue weighted by molar-refractivity contribution is 6.30. The molecule has 3 nitrogen and oxygen atoms in total. The van der Waals surface area contributed by atoms with E-state index in [9.17, 15) is 0 Å². The van der Waals surface area contributed by atoms with Crippen molar-refractivity contribution in [2.45, 2.75) is 25.8 Å². The van der Waals surface area contributed by atoms with Gasteiger partial charge in [-0.05, 0) is 57.6 Å². The molecular formula is C15H24ClN3. The summed E-state index contributed by atoms with van der Waals surface area (Å²) in [5.74, 6) is 0. The second-order valence-electron chi connectivity index (χ2n) is 5.47. The maximum Gasteiger partial charge on any atom is 0.0426 e. The van der Waals surface area contributed by atoms with Crippen molar-refractivity contribution < 1.29 is 0 Å². The average molecular weight is 282 g/mol. The van der Waals surface area contributed by atoms with Gasteiger partial charge in [0.2, 0.25) is 0 Å². The molecule has 0 spiro atoms. The van der Waals surface area contributed by atoms with Gasteiger partial charge in [-0.3, -0.25) is 0 Å². The zero-order chi connectivity index (χ0) is 13.8. The summed E-state index contributed by atoms with van der Waals surface area (Å²) in [6, 6.07) is 6.67. The van der Waals surface area contributed by atoms with Gasteiger partial charge in [0.25, 0.3) is 0 Å². The van der Waals surface area contributed by atoms with Gasteiger partial charge in [-0.1, -0.05) is 17.7 Å². The molecule has 0 radical (unpaired) electrons. The third kappa shape index (κ3) is 3.62. The van der Waals surface area contributed by atoms with Crippen molar-refractivity contribution in [3.05, 3.63) is 28.8 Å². The summed E-state index contributed by atoms with van der Waals surface area (Å²) in [6.45, 7) is 6.30. The highest BCUT2D eigenvalue weighted by Crippen LogP contribution is 2.28. The first-order chi connectivity index (χ1) is 9.11. The van der Waals surface area contributed by atoms with Gasteiger partial charge in [0.05, 0.1) is 0 Å². The fraction of sp³-hybridized carbons (Fsp3) is 0.600. The van der Waals surface area contributed by atoms with Crippen LogP contribution in [0.5, 0.6) is 0 Å². The summed E-state index contributed by atoms with van der Waals surface area (Å²) in [5.41, 5.74) is 8.30. The number of benzene rings is 1. The maximum absolute atomic E-state index is 6.19. The Kier molecular flexibility index (Phi) is 5.08. The molecule has 0 saturated carbocycles. The van der Waals surface area contributed by atoms with E-state index < -0.39 is 0 Å². The average Bonchev–Trinajstić information content (AvgIpc) is 2.52. The number of hydrogen-bond donors (Lipinski definition) is 1. The first-order valence-corrected chi connectivity index (χ1v) is 7.43. The fourth-order valence-corrected chi connectivity index (χ4v) is 3.07. The first kappa shape index (κ1) is 14.6. The van der Waals surface area contributed by atoms with E-state index in [2.05, 4.69) is 35.9 Å². The minimum Gasteiger partial charge on any atom is -0.367 e. The van der Waals surface area contributed by atoms with Gasteiger partial charge in [-0.15, -0.1) is 0 Å². The van der Waals surface area contributed by atoms with E-state index in [4.69, 9.17) is 17.3 Å². The molecule has 1 aromatic rings. The van der Waals surface area contributed by atoms with Gasteiger partial charge in [0, 0.05) is 29.8 Å². The molecule has 1 saturated heterocycles. The largest absolute Gasteiger partial charge is 0.367 e. The molecule has 1 aliphatic heterocycles. The van der Waals surface area contributed by atoms with Gasteiger partial charge >= 0.3 is 0 Å². The molecule has 1 heterocycles. The quantitative estimate of drug-likeness (QED) is 0.923. The predicted molar refractivity (Wildman–Crippen MR) is 83.1 cm³/mol. The van der Waals surface area contributed by atoms with Crippen LogP contribution in [0.2, 0.25) is 5.02 Å². The minimum atomic E-state index is 0.502. The lowest BCUT2D eigenvalue weighted by Gasteiger charge is -2.32. The van der Waals surface area contributed by atoms with E-state index in [1.165, 1.54) is 17.7 Å². The Hall–Kier alpha value is -0.770. The summed E-state index contributed by atoms with van der Waals surface area (Å²) in [7, 11) is 2.19. The summed E-state index contributed by atoms with van der Waals surface area (Å²) in [5, 5.41) is 0.806. The zero-order valence-corrected chi connectivity index (χ0v) is 12.7. The lowest BCUT2D eigenvalue weighted by atomic mass is 10.1. The Morgan fingerprint density at radius 3 is 2.89 bits per heavy atom. The molecule has 1 atom stereocenters. The molecule has 19 heavy (non-hydrogen) atoms. The Labute approximate surface area is 121 Å². The monoisotopic (exact) mass is 281 g/mol. The van der Waals surface area contributed by atoms with E-state index in [0.717, 1.165) is 31.1 Å². The van der Waals surface area contributed by atoms with Crippen LogP contribution in [-0.2, 0) is 6.42 Å². The van der Waals surface area contributed by atoms with Crippen LogP contribution in [0.3, 0.4) is 0 Å². The van der Waals surface area contributed by atoms with Gasteiger partial charge in [0.1, 0.15) is 0 Å². The number of anilines is 1. The normalized spacial score (nSPS) is 21.5. The van der Waals surface area contributed by atoms with Crippen LogP contribution in [0.1, 0.15) is 18.9 Å². The third-order valence-corrected chi connectivity index (χ3v) is 4.05. The molecule has 4 heteroatoms. The van der Waals surface area contributed by atoms with Crippen molar-refractivity contribution in [2.24, 2.45) is 5.73 Å². The van der Waals surface area contributed by atoms with Crippen molar-refractivity contribution in [3.63, 3.8) is 0 Å². The standard InChI is InChI=1S/C15H24ClN3/c1-12-11-18(2)8-3-9-19(12)15-10-14(16)5-4-13(15)6-7-17/h4-5,10,12H,3,6-9,11,17H2,1-2H3. The number of halogens is 1. The SMILES string of the molecule is CC1CN(C)CCCN1c1cc(Cl)ccc1CCN. The van der Waals surface area contributed by atoms with Crippen molar-refractivity contribution in [1.82, 2.24) is 4.90 Å². The van der Waals surface area contributed by atoms with Crippen LogP contribution < -0.4 is 10.6 Å². The molecule has 0 aliphatic carbocycles. The van der Waals surface area contributed by atoms with Crippen LogP contribution in [0.15, 0.2) is 18.2 Å². The Balaban J connectivity index is 2.30. The van der Waals surface area contributed by atoms with E-state index >= 15 is 0 Å². The van der Waals surface area contributed by atoms with Gasteiger partial charge < -0.3 is 15.5 Å². The highest BCUT2D eigenvalue weighted by atomic mass is 35.5. The highest BCUT2D eigenvalue weighted by Gasteiger charge is 2.21. The lowest BCUT2D eigenvalue weighted by Crippen LogP contribution is -2.38. The minimum absolute atomic E-state index is 0.502. The Bertz CT molecular complexity index is 422. The van der Waals surface area contributed by atoms with Crippen molar-refractivity contribution >= 4 is 17.3 Å². The molecule has 2 rings (SSSR count). The predicted octanol–water partition coefficient (Wildman–Crippen LogP) is 2.37. The summed E-state index contributed by atoms with van der Waals surface area (Å²) >= 11 is 6.19. The number of nitrogens with two attached hydrogens (primary N) is 1. The number of hydrogen-bond acceptors (Lipinski definition) is 3. The zero-order valence-electron chi connectivity index (χ0n) is 11.9. The second kappa shape index (κ2) is 6.60. The molecule has 1 aliphatic rings. The molecule has 0 aromatic heterocycles. The van der Waals surface area contributed by atoms with Gasteiger partial charge in [0.15, 0.2) is 0 Å². The number of likely N-dealkylation sites (N-methyl/N-ethyl adjacent to an activating group) is 1. The molecule has 1 fully saturated rings. The van der Waals surface area contributed by atoms with Crippen LogP contribution in [0.25, 0.3) is 0 Å². The van der Waals surface area contributed by atoms with E-state index in [1.54, 1.807) is 0 Å². The Morgan fingerprint density at radius 1 is 1.37 bits per heavy atom. The lowest BCUT2D eigenvalue weighted by molar-refractivity contribution is 0.337. The van der Waals surface area contributed by atoms with Crippen molar-refractivity contribution in [3.8, 4) is 0 Å². The van der Waals surface area contributed by atoms with E-state index in [-0.39, 0.29) is 0 Å². The summed E-state index contributed by atoms with van der Waals surface area (Å²) in [6.07, 6.45) is 2.10. The third-order valence-electron chi connectivity index (χ3n) is 3.82. The summed E-state index contributed by atoms with van der Waals surface area (Å²) in [4.78, 5) is 4.89. The van der Waals surface area contributed by atoms with Crippen LogP contribution in [-0.4, -0.2) is 44.2 Å². The van der Waals surface area contributed by atoms with Crippen LogP contribution in [0.4, 0.5) is 5.69 Å². The van der Waals surface area contributed by atoms with Crippen LogP contribution >= 0.6 is 11.6 Å². The molecule has 2 N–H and O–H groups in total. The number of nitrogens with zero attached hydrogens (tertiary/aromatic N) is 2. The topological polar surface area (TPSA) is 32.5 Å². The van der Waals surface area contributed by atoms with Gasteiger partial charge in [-0.25, -0.2) is 0 Å². The van der Waals surface area contributed by atoms with Gasteiger partial charge in [-0.2, -0.15) is 0 Å². The summed E-state index contributed by atoms with van der Waals surface area (Å²) < 4.78 is 0. The first-order valence-electron chi connectivity index (χ1n) is 7.05. The van der Waals surface area contributed by atoms with Crippen molar-refractivity contribution in [1.29, 1.82) is 0 Å². The van der Waals surface area contributed by atoms with E-state index in [1.807, 2.05) is 6.07 Å². The molecular weight excluding hydrogens is 258 g/mol. The second-order valence-corrected chi connectivity index (χ2v) is 5.91. The number of rotatable bonds is 3. The van der Waals surface area contributed by atoms with E-state index in [0.29, 0.717) is 12.6 Å². The molecule has 106 valence electrons. The molecule has 0 amide bonds.